The van der Waals surface area contributed by atoms with Crippen LogP contribution in [0.3, 0.4) is 0 Å². The Morgan fingerprint density at radius 3 is 2.55 bits per heavy atom. The molecule has 1 heterocycles. The Morgan fingerprint density at radius 1 is 0.968 bits per heavy atom. The van der Waals surface area contributed by atoms with Gasteiger partial charge in [-0.1, -0.05) is 42.5 Å². The Balaban J connectivity index is 1.56. The van der Waals surface area contributed by atoms with Crippen molar-refractivity contribution in [2.75, 3.05) is 13.7 Å². The van der Waals surface area contributed by atoms with E-state index in [9.17, 15) is 4.79 Å². The molecule has 0 unspecified atom stereocenters. The lowest BCUT2D eigenvalue weighted by molar-refractivity contribution is -0.131. The van der Waals surface area contributed by atoms with Crippen LogP contribution < -0.4 is 14.2 Å². The van der Waals surface area contributed by atoms with E-state index in [0.717, 1.165) is 41.1 Å². The van der Waals surface area contributed by atoms with Crippen molar-refractivity contribution in [2.24, 2.45) is 4.99 Å². The number of hydrogen-bond donors (Lipinski definition) is 0. The molecule has 0 fully saturated rings. The van der Waals surface area contributed by atoms with E-state index in [4.69, 9.17) is 19.2 Å². The number of carbonyl (C=O) groups excluding carboxylic acids is 1. The van der Waals surface area contributed by atoms with Crippen molar-refractivity contribution in [2.45, 2.75) is 26.4 Å². The first-order chi connectivity index (χ1) is 15.1. The molecule has 1 aliphatic heterocycles. The van der Waals surface area contributed by atoms with E-state index in [2.05, 4.69) is 6.07 Å². The van der Waals surface area contributed by atoms with Crippen LogP contribution in [-0.2, 0) is 24.2 Å². The maximum Gasteiger partial charge on any atom is 0.308 e. The van der Waals surface area contributed by atoms with Gasteiger partial charge >= 0.3 is 5.97 Å². The van der Waals surface area contributed by atoms with Crippen molar-refractivity contribution in [1.82, 2.24) is 0 Å². The number of hydrogen-bond acceptors (Lipinski definition) is 5. The summed E-state index contributed by atoms with van der Waals surface area (Å²) >= 11 is 0. The summed E-state index contributed by atoms with van der Waals surface area (Å²) in [7, 11) is 1.65. The molecule has 0 radical (unpaired) electrons. The third kappa shape index (κ3) is 5.12. The van der Waals surface area contributed by atoms with Crippen molar-refractivity contribution in [3.05, 3.63) is 89.0 Å². The van der Waals surface area contributed by atoms with Crippen LogP contribution >= 0.6 is 0 Å². The average Bonchev–Trinajstić information content (AvgIpc) is 2.78. The maximum atomic E-state index is 11.3. The number of aliphatic imine (C=N–C) groups is 1. The largest absolute Gasteiger partial charge is 0.493 e. The van der Waals surface area contributed by atoms with Gasteiger partial charge < -0.3 is 14.2 Å². The molecule has 0 saturated carbocycles. The highest BCUT2D eigenvalue weighted by Crippen LogP contribution is 2.34. The first-order valence-corrected chi connectivity index (χ1v) is 10.3. The zero-order valence-electron chi connectivity index (χ0n) is 17.8. The molecular weight excluding hydrogens is 390 g/mol. The second kappa shape index (κ2) is 9.47. The summed E-state index contributed by atoms with van der Waals surface area (Å²) < 4.78 is 16.9. The molecular formula is C26H25NO4. The van der Waals surface area contributed by atoms with Crippen molar-refractivity contribution in [3.8, 4) is 17.2 Å². The Morgan fingerprint density at radius 2 is 1.77 bits per heavy atom. The molecule has 0 amide bonds. The van der Waals surface area contributed by atoms with E-state index in [1.165, 1.54) is 12.5 Å². The highest BCUT2D eigenvalue weighted by molar-refractivity contribution is 6.04. The summed E-state index contributed by atoms with van der Waals surface area (Å²) in [6, 6.07) is 21.7. The first kappa shape index (κ1) is 20.7. The minimum atomic E-state index is -0.328. The fourth-order valence-corrected chi connectivity index (χ4v) is 3.71. The Labute approximate surface area is 182 Å². The smallest absolute Gasteiger partial charge is 0.308 e. The van der Waals surface area contributed by atoms with Gasteiger partial charge in [0.05, 0.1) is 7.11 Å². The summed E-state index contributed by atoms with van der Waals surface area (Å²) in [5.74, 6) is 1.65. The molecule has 0 aromatic heterocycles. The number of carbonyl (C=O) groups is 1. The molecule has 0 spiro atoms. The number of methoxy groups -OCH3 is 1. The highest BCUT2D eigenvalue weighted by atomic mass is 16.5. The number of fused-ring (bicyclic) bond motifs is 1. The molecule has 0 aliphatic carbocycles. The zero-order valence-corrected chi connectivity index (χ0v) is 17.8. The van der Waals surface area contributed by atoms with Crippen LogP contribution in [0.2, 0.25) is 0 Å². The molecule has 0 atom stereocenters. The van der Waals surface area contributed by atoms with Crippen LogP contribution in [0.15, 0.2) is 71.7 Å². The Hall–Kier alpha value is -3.60. The summed E-state index contributed by atoms with van der Waals surface area (Å²) in [6.45, 7) is 2.62. The lowest BCUT2D eigenvalue weighted by Gasteiger charge is -2.21. The number of ether oxygens (including phenoxy) is 3. The predicted octanol–water partition coefficient (Wildman–Crippen LogP) is 4.79. The normalized spacial score (nSPS) is 12.5. The molecule has 5 heteroatoms. The van der Waals surface area contributed by atoms with Crippen LogP contribution in [0, 0.1) is 0 Å². The molecule has 3 aromatic carbocycles. The summed E-state index contributed by atoms with van der Waals surface area (Å²) in [5.41, 5.74) is 5.41. The van der Waals surface area contributed by atoms with E-state index in [0.29, 0.717) is 24.5 Å². The number of esters is 1. The highest BCUT2D eigenvalue weighted by Gasteiger charge is 2.19. The van der Waals surface area contributed by atoms with Gasteiger partial charge in [0.2, 0.25) is 0 Å². The van der Waals surface area contributed by atoms with E-state index in [-0.39, 0.29) is 5.97 Å². The number of nitrogens with zero attached hydrogens (tertiary/aromatic N) is 1. The van der Waals surface area contributed by atoms with Crippen molar-refractivity contribution in [1.29, 1.82) is 0 Å². The maximum absolute atomic E-state index is 11.3. The van der Waals surface area contributed by atoms with E-state index < -0.39 is 0 Å². The molecule has 158 valence electrons. The summed E-state index contributed by atoms with van der Waals surface area (Å²) in [4.78, 5) is 16.0. The molecule has 0 saturated heterocycles. The second-order valence-electron chi connectivity index (χ2n) is 7.43. The van der Waals surface area contributed by atoms with Gasteiger partial charge in [-0.2, -0.15) is 0 Å². The van der Waals surface area contributed by atoms with Crippen LogP contribution in [-0.4, -0.2) is 25.3 Å². The zero-order chi connectivity index (χ0) is 21.6. The minimum absolute atomic E-state index is 0.328. The Bertz CT molecular complexity index is 1110. The lowest BCUT2D eigenvalue weighted by atomic mass is 9.93. The van der Waals surface area contributed by atoms with Crippen LogP contribution in [0.5, 0.6) is 17.2 Å². The van der Waals surface area contributed by atoms with Gasteiger partial charge in [0, 0.05) is 31.2 Å². The average molecular weight is 415 g/mol. The van der Waals surface area contributed by atoms with E-state index in [1.807, 2.05) is 54.6 Å². The molecule has 5 nitrogen and oxygen atoms in total. The number of rotatable bonds is 7. The molecule has 0 bridgehead atoms. The third-order valence-electron chi connectivity index (χ3n) is 5.15. The van der Waals surface area contributed by atoms with Crippen LogP contribution in [0.25, 0.3) is 0 Å². The minimum Gasteiger partial charge on any atom is -0.493 e. The monoisotopic (exact) mass is 415 g/mol. The fraction of sp³-hybridized carbons (Fsp3) is 0.231. The lowest BCUT2D eigenvalue weighted by Crippen LogP contribution is -2.16. The third-order valence-corrected chi connectivity index (χ3v) is 5.15. The van der Waals surface area contributed by atoms with Gasteiger partial charge in [0.25, 0.3) is 0 Å². The summed E-state index contributed by atoms with van der Waals surface area (Å²) in [5, 5.41) is 0. The van der Waals surface area contributed by atoms with Gasteiger partial charge in [-0.15, -0.1) is 0 Å². The second-order valence-corrected chi connectivity index (χ2v) is 7.43. The van der Waals surface area contributed by atoms with Gasteiger partial charge in [0.1, 0.15) is 12.4 Å². The summed E-state index contributed by atoms with van der Waals surface area (Å²) in [6.07, 6.45) is 1.51. The SMILES string of the molecule is COc1cc2c(cc1OCc1ccccc1)CCN=C2Cc1cccc(OC(C)=O)c1. The van der Waals surface area contributed by atoms with Gasteiger partial charge in [-0.3, -0.25) is 9.79 Å². The van der Waals surface area contributed by atoms with Gasteiger partial charge in [0.15, 0.2) is 11.5 Å². The molecule has 1 aliphatic rings. The van der Waals surface area contributed by atoms with Crippen molar-refractivity contribution in [3.63, 3.8) is 0 Å². The first-order valence-electron chi connectivity index (χ1n) is 10.3. The molecule has 31 heavy (non-hydrogen) atoms. The van der Waals surface area contributed by atoms with Gasteiger partial charge in [-0.05, 0) is 47.4 Å². The molecule has 4 rings (SSSR count). The molecule has 0 N–H and O–H groups in total. The van der Waals surface area contributed by atoms with Crippen molar-refractivity contribution < 1.29 is 19.0 Å². The fourth-order valence-electron chi connectivity index (χ4n) is 3.71. The van der Waals surface area contributed by atoms with E-state index >= 15 is 0 Å². The quantitative estimate of drug-likeness (QED) is 0.411. The van der Waals surface area contributed by atoms with Crippen molar-refractivity contribution >= 4 is 11.7 Å². The van der Waals surface area contributed by atoms with Crippen LogP contribution in [0.1, 0.15) is 29.2 Å². The topological polar surface area (TPSA) is 57.1 Å². The number of benzene rings is 3. The Kier molecular flexibility index (Phi) is 6.32. The van der Waals surface area contributed by atoms with E-state index in [1.54, 1.807) is 13.2 Å². The van der Waals surface area contributed by atoms with Crippen LogP contribution in [0.4, 0.5) is 0 Å². The standard InChI is InChI=1S/C26H25NO4/c1-18(28)31-22-10-6-9-20(13-22)14-24-23-16-25(29-2)26(15-21(23)11-12-27-24)30-17-19-7-4-3-5-8-19/h3-10,13,15-16H,11-12,14,17H2,1-2H3. The predicted molar refractivity (Wildman–Crippen MR) is 120 cm³/mol. The molecule has 3 aromatic rings. The van der Waals surface area contributed by atoms with Gasteiger partial charge in [-0.25, -0.2) is 0 Å².